The second-order valence-corrected chi connectivity index (χ2v) is 7.01. The minimum atomic E-state index is 0.528. The molecule has 2 aliphatic rings. The van der Waals surface area contributed by atoms with Crippen LogP contribution in [0.15, 0.2) is 6.20 Å². The van der Waals surface area contributed by atoms with Gasteiger partial charge in [-0.15, -0.1) is 0 Å². The summed E-state index contributed by atoms with van der Waals surface area (Å²) < 4.78 is 2.58. The summed E-state index contributed by atoms with van der Waals surface area (Å²) in [5, 5.41) is 8.23. The van der Waals surface area contributed by atoms with Gasteiger partial charge < -0.3 is 5.32 Å². The molecule has 0 aromatic carbocycles. The number of rotatable bonds is 4. The van der Waals surface area contributed by atoms with Crippen LogP contribution in [0.1, 0.15) is 49.4 Å². The van der Waals surface area contributed by atoms with E-state index < -0.39 is 0 Å². The van der Waals surface area contributed by atoms with Crippen LogP contribution in [0.2, 0.25) is 0 Å². The maximum atomic E-state index is 4.42. The Balaban J connectivity index is 1.67. The normalized spacial score (nSPS) is 25.6. The van der Waals surface area contributed by atoms with Crippen molar-refractivity contribution in [2.24, 2.45) is 7.05 Å². The summed E-state index contributed by atoms with van der Waals surface area (Å²) in [5.41, 5.74) is 2.88. The molecular formula is C14H23N3S. The molecule has 0 saturated heterocycles. The Hall–Kier alpha value is -0.480. The third kappa shape index (κ3) is 2.10. The largest absolute Gasteiger partial charge is 0.308 e. The molecule has 0 aliphatic heterocycles. The van der Waals surface area contributed by atoms with Gasteiger partial charge in [-0.1, -0.05) is 6.42 Å². The average Bonchev–Trinajstić information content (AvgIpc) is 2.72. The van der Waals surface area contributed by atoms with Gasteiger partial charge in [0.05, 0.1) is 6.20 Å². The number of fused-ring (bicyclic) bond motifs is 1. The molecule has 2 aliphatic carbocycles. The maximum Gasteiger partial charge on any atom is 0.0540 e. The zero-order valence-electron chi connectivity index (χ0n) is 11.4. The number of thioether (sulfide) groups is 1. The van der Waals surface area contributed by atoms with Gasteiger partial charge in [-0.25, -0.2) is 0 Å². The fourth-order valence-electron chi connectivity index (χ4n) is 3.25. The maximum absolute atomic E-state index is 4.42. The highest BCUT2D eigenvalue weighted by molar-refractivity contribution is 8.00. The SMILES string of the molecule is CSC1(CNC2CCCc3c2cnn3C)CCC1. The lowest BCUT2D eigenvalue weighted by molar-refractivity contribution is 0.320. The summed E-state index contributed by atoms with van der Waals surface area (Å²) in [4.78, 5) is 0. The lowest BCUT2D eigenvalue weighted by Gasteiger charge is -2.42. The Morgan fingerprint density at radius 3 is 3.00 bits per heavy atom. The van der Waals surface area contributed by atoms with Crippen LogP contribution in [0.4, 0.5) is 0 Å². The number of aryl methyl sites for hydroxylation is 1. The molecule has 1 aromatic heterocycles. The molecule has 0 bridgehead atoms. The van der Waals surface area contributed by atoms with Crippen molar-refractivity contribution in [1.82, 2.24) is 15.1 Å². The monoisotopic (exact) mass is 265 g/mol. The van der Waals surface area contributed by atoms with Gasteiger partial charge in [-0.2, -0.15) is 16.9 Å². The fourth-order valence-corrected chi connectivity index (χ4v) is 4.18. The molecule has 18 heavy (non-hydrogen) atoms. The highest BCUT2D eigenvalue weighted by Crippen LogP contribution is 2.43. The van der Waals surface area contributed by atoms with Crippen molar-refractivity contribution in [1.29, 1.82) is 0 Å². The second kappa shape index (κ2) is 4.89. The molecule has 1 aromatic rings. The number of nitrogens with one attached hydrogen (secondary N) is 1. The van der Waals surface area contributed by atoms with Crippen molar-refractivity contribution in [3.63, 3.8) is 0 Å². The fraction of sp³-hybridized carbons (Fsp3) is 0.786. The van der Waals surface area contributed by atoms with E-state index in [9.17, 15) is 0 Å². The standard InChI is InChI=1S/C14H23N3S/c1-17-13-6-3-5-12(11(13)9-16-17)15-10-14(18-2)7-4-8-14/h9,12,15H,3-8,10H2,1-2H3. The van der Waals surface area contributed by atoms with Crippen molar-refractivity contribution < 1.29 is 0 Å². The number of aromatic nitrogens is 2. The summed E-state index contributed by atoms with van der Waals surface area (Å²) in [7, 11) is 2.07. The molecule has 1 unspecified atom stereocenters. The van der Waals surface area contributed by atoms with E-state index in [1.54, 1.807) is 0 Å². The summed E-state index contributed by atoms with van der Waals surface area (Å²) in [6.45, 7) is 1.16. The van der Waals surface area contributed by atoms with Gasteiger partial charge in [0, 0.05) is 35.6 Å². The molecule has 100 valence electrons. The summed E-state index contributed by atoms with van der Waals surface area (Å²) in [6, 6.07) is 0.534. The van der Waals surface area contributed by atoms with E-state index in [4.69, 9.17) is 0 Å². The van der Waals surface area contributed by atoms with Gasteiger partial charge in [-0.05, 0) is 38.4 Å². The first-order valence-corrected chi connectivity index (χ1v) is 8.26. The molecular weight excluding hydrogens is 242 g/mol. The minimum absolute atomic E-state index is 0.528. The smallest absolute Gasteiger partial charge is 0.0540 e. The number of hydrogen-bond donors (Lipinski definition) is 1. The zero-order chi connectivity index (χ0) is 12.6. The first kappa shape index (κ1) is 12.5. The van der Waals surface area contributed by atoms with E-state index in [1.807, 2.05) is 0 Å². The van der Waals surface area contributed by atoms with Crippen molar-refractivity contribution in [3.05, 3.63) is 17.5 Å². The first-order valence-electron chi connectivity index (χ1n) is 7.03. The molecule has 0 amide bonds. The summed E-state index contributed by atoms with van der Waals surface area (Å²) in [6.07, 6.45) is 12.3. The predicted octanol–water partition coefficient (Wildman–Crippen LogP) is 2.67. The molecule has 1 heterocycles. The Morgan fingerprint density at radius 1 is 1.50 bits per heavy atom. The minimum Gasteiger partial charge on any atom is -0.308 e. The van der Waals surface area contributed by atoms with E-state index in [1.165, 1.54) is 49.8 Å². The molecule has 1 fully saturated rings. The highest BCUT2D eigenvalue weighted by atomic mass is 32.2. The van der Waals surface area contributed by atoms with Gasteiger partial charge in [-0.3, -0.25) is 4.68 Å². The highest BCUT2D eigenvalue weighted by Gasteiger charge is 2.36. The van der Waals surface area contributed by atoms with E-state index >= 15 is 0 Å². The third-order valence-corrected chi connectivity index (χ3v) is 6.16. The molecule has 0 radical (unpaired) electrons. The van der Waals surface area contributed by atoms with Crippen LogP contribution in [0.5, 0.6) is 0 Å². The Bertz CT molecular complexity index is 417. The van der Waals surface area contributed by atoms with Crippen LogP contribution in [0, 0.1) is 0 Å². The quantitative estimate of drug-likeness (QED) is 0.908. The zero-order valence-corrected chi connectivity index (χ0v) is 12.2. The lowest BCUT2D eigenvalue weighted by atomic mass is 9.83. The van der Waals surface area contributed by atoms with Gasteiger partial charge in [0.1, 0.15) is 0 Å². The Labute approximate surface area is 114 Å². The second-order valence-electron chi connectivity index (χ2n) is 5.74. The number of nitrogens with zero attached hydrogens (tertiary/aromatic N) is 2. The van der Waals surface area contributed by atoms with Gasteiger partial charge in [0.15, 0.2) is 0 Å². The van der Waals surface area contributed by atoms with Crippen LogP contribution >= 0.6 is 11.8 Å². The number of hydrogen-bond acceptors (Lipinski definition) is 3. The molecule has 1 N–H and O–H groups in total. The Morgan fingerprint density at radius 2 is 2.33 bits per heavy atom. The molecule has 4 heteroatoms. The predicted molar refractivity (Wildman–Crippen MR) is 77.0 cm³/mol. The van der Waals surface area contributed by atoms with Crippen LogP contribution < -0.4 is 5.32 Å². The van der Waals surface area contributed by atoms with Crippen molar-refractivity contribution in [3.8, 4) is 0 Å². The van der Waals surface area contributed by atoms with E-state index in [0.29, 0.717) is 10.8 Å². The molecule has 3 nitrogen and oxygen atoms in total. The van der Waals surface area contributed by atoms with Gasteiger partial charge in [0.25, 0.3) is 0 Å². The van der Waals surface area contributed by atoms with Crippen LogP contribution in [0.25, 0.3) is 0 Å². The first-order chi connectivity index (χ1) is 8.74. The average molecular weight is 265 g/mol. The lowest BCUT2D eigenvalue weighted by Crippen LogP contribution is -2.44. The van der Waals surface area contributed by atoms with Gasteiger partial charge in [0.2, 0.25) is 0 Å². The third-order valence-electron chi connectivity index (χ3n) is 4.74. The Kier molecular flexibility index (Phi) is 3.41. The van der Waals surface area contributed by atoms with Crippen molar-refractivity contribution >= 4 is 11.8 Å². The van der Waals surface area contributed by atoms with E-state index in [-0.39, 0.29) is 0 Å². The molecule has 3 rings (SSSR count). The van der Waals surface area contributed by atoms with Crippen LogP contribution in [-0.4, -0.2) is 27.3 Å². The topological polar surface area (TPSA) is 29.9 Å². The van der Waals surface area contributed by atoms with Crippen LogP contribution in [0.3, 0.4) is 0 Å². The van der Waals surface area contributed by atoms with Crippen molar-refractivity contribution in [2.75, 3.05) is 12.8 Å². The van der Waals surface area contributed by atoms with E-state index in [2.05, 4.69) is 46.4 Å². The molecule has 1 atom stereocenters. The van der Waals surface area contributed by atoms with Gasteiger partial charge >= 0.3 is 0 Å². The van der Waals surface area contributed by atoms with E-state index in [0.717, 1.165) is 6.54 Å². The van der Waals surface area contributed by atoms with Crippen LogP contribution in [-0.2, 0) is 13.5 Å². The molecule has 1 saturated carbocycles. The summed E-state index contributed by atoms with van der Waals surface area (Å²) >= 11 is 2.05. The summed E-state index contributed by atoms with van der Waals surface area (Å²) in [5.74, 6) is 0. The van der Waals surface area contributed by atoms with Crippen molar-refractivity contribution in [2.45, 2.75) is 49.3 Å². The molecule has 0 spiro atoms.